The maximum Gasteiger partial charge on any atom is 0.270 e. The minimum absolute atomic E-state index is 0.155. The fraction of sp³-hybridized carbons (Fsp3) is 0.278. The predicted molar refractivity (Wildman–Crippen MR) is 173 cm³/mol. The fourth-order valence-corrected chi connectivity index (χ4v) is 6.38. The van der Waals surface area contributed by atoms with Gasteiger partial charge in [0.15, 0.2) is 0 Å². The molecular weight excluding hydrogens is 532 g/mol. The molecule has 3 aromatic carbocycles. The molecule has 1 unspecified atom stereocenters. The second-order valence-electron chi connectivity index (χ2n) is 11.7. The van der Waals surface area contributed by atoms with E-state index in [4.69, 9.17) is 9.97 Å². The maximum absolute atomic E-state index is 13.0. The summed E-state index contributed by atoms with van der Waals surface area (Å²) < 4.78 is 2.34. The van der Waals surface area contributed by atoms with E-state index >= 15 is 0 Å². The number of nitrogens with zero attached hydrogens (tertiary/aromatic N) is 5. The normalized spacial score (nSPS) is 15.8. The van der Waals surface area contributed by atoms with Crippen molar-refractivity contribution < 1.29 is 0 Å². The number of piperidine rings is 1. The Morgan fingerprint density at radius 1 is 0.837 bits per heavy atom. The minimum Gasteiger partial charge on any atom is -0.324 e. The number of nitrogens with one attached hydrogen (secondary N) is 1. The molecule has 0 aliphatic carbocycles. The number of pyridine rings is 1. The summed E-state index contributed by atoms with van der Waals surface area (Å²) in [7, 11) is 0. The van der Waals surface area contributed by atoms with Crippen LogP contribution in [0, 0.1) is 0 Å². The molecule has 1 atom stereocenters. The molecule has 1 aliphatic rings. The Balaban J connectivity index is 1.27. The molecule has 7 nitrogen and oxygen atoms in total. The van der Waals surface area contributed by atoms with Crippen LogP contribution in [-0.2, 0) is 13.0 Å². The van der Waals surface area contributed by atoms with Gasteiger partial charge < -0.3 is 14.5 Å². The smallest absolute Gasteiger partial charge is 0.270 e. The molecule has 7 heteroatoms. The molecule has 1 fully saturated rings. The average Bonchev–Trinajstić information content (AvgIpc) is 3.39. The van der Waals surface area contributed by atoms with Gasteiger partial charge in [-0.3, -0.25) is 9.78 Å². The molecule has 7 rings (SSSR count). The third-order valence-electron chi connectivity index (χ3n) is 8.77. The van der Waals surface area contributed by atoms with Crippen molar-refractivity contribution in [2.45, 2.75) is 51.6 Å². The van der Waals surface area contributed by atoms with Gasteiger partial charge in [-0.05, 0) is 73.7 Å². The Morgan fingerprint density at radius 2 is 1.60 bits per heavy atom. The predicted octanol–water partition coefficient (Wildman–Crippen LogP) is 6.86. The zero-order valence-corrected chi connectivity index (χ0v) is 24.5. The van der Waals surface area contributed by atoms with Crippen LogP contribution in [0.2, 0.25) is 0 Å². The number of imidazole rings is 1. The number of aromatic nitrogens is 5. The van der Waals surface area contributed by atoms with Crippen LogP contribution in [0.4, 0.5) is 0 Å². The minimum atomic E-state index is -0.155. The highest BCUT2D eigenvalue weighted by atomic mass is 16.1. The van der Waals surface area contributed by atoms with Gasteiger partial charge in [0.1, 0.15) is 11.5 Å². The van der Waals surface area contributed by atoms with Crippen LogP contribution in [0.5, 0.6) is 0 Å². The molecule has 43 heavy (non-hydrogen) atoms. The third kappa shape index (κ3) is 5.73. The summed E-state index contributed by atoms with van der Waals surface area (Å²) in [4.78, 5) is 32.8. The molecule has 0 amide bonds. The first kappa shape index (κ1) is 27.2. The van der Waals surface area contributed by atoms with Gasteiger partial charge in [-0.15, -0.1) is 0 Å². The third-order valence-corrected chi connectivity index (χ3v) is 8.77. The highest BCUT2D eigenvalue weighted by Gasteiger charge is 2.19. The number of aryl methyl sites for hydroxylation is 1. The van der Waals surface area contributed by atoms with Gasteiger partial charge in [-0.2, -0.15) is 0 Å². The van der Waals surface area contributed by atoms with E-state index in [1.807, 2.05) is 60.9 Å². The van der Waals surface area contributed by atoms with Gasteiger partial charge in [0, 0.05) is 43.5 Å². The van der Waals surface area contributed by atoms with Crippen LogP contribution >= 0.6 is 0 Å². The SMILES string of the molecule is CC1CCCCN1CCCn1c(-c2ccc(-c3ccncc3)cc2)nc2cc3[nH]c(=O)c(Cc4ccccc4)nc3cc21. The molecule has 1 aliphatic heterocycles. The van der Waals surface area contributed by atoms with Crippen LogP contribution in [0.3, 0.4) is 0 Å². The Labute approximate surface area is 251 Å². The molecule has 1 N–H and O–H groups in total. The second-order valence-corrected chi connectivity index (χ2v) is 11.7. The first-order chi connectivity index (χ1) is 21.1. The van der Waals surface area contributed by atoms with Crippen LogP contribution in [0.25, 0.3) is 44.6 Å². The van der Waals surface area contributed by atoms with E-state index in [1.165, 1.54) is 25.8 Å². The van der Waals surface area contributed by atoms with E-state index in [0.717, 1.165) is 64.1 Å². The lowest BCUT2D eigenvalue weighted by molar-refractivity contribution is 0.157. The zero-order valence-electron chi connectivity index (χ0n) is 24.5. The fourth-order valence-electron chi connectivity index (χ4n) is 6.38. The van der Waals surface area contributed by atoms with Crippen LogP contribution < -0.4 is 5.56 Å². The number of H-pyrrole nitrogens is 1. The van der Waals surface area contributed by atoms with Crippen molar-refractivity contribution in [1.82, 2.24) is 29.4 Å². The second kappa shape index (κ2) is 11.9. The molecule has 4 heterocycles. The number of fused-ring (bicyclic) bond motifs is 2. The topological polar surface area (TPSA) is 79.7 Å². The lowest BCUT2D eigenvalue weighted by Crippen LogP contribution is -2.38. The largest absolute Gasteiger partial charge is 0.324 e. The Bertz CT molecular complexity index is 1910. The highest BCUT2D eigenvalue weighted by molar-refractivity contribution is 5.93. The first-order valence-electron chi connectivity index (χ1n) is 15.3. The summed E-state index contributed by atoms with van der Waals surface area (Å²) in [5.74, 6) is 0.935. The van der Waals surface area contributed by atoms with Gasteiger partial charge in [0.25, 0.3) is 5.56 Å². The van der Waals surface area contributed by atoms with Gasteiger partial charge in [-0.1, -0.05) is 61.0 Å². The van der Waals surface area contributed by atoms with Crippen molar-refractivity contribution in [3.05, 3.63) is 113 Å². The lowest BCUT2D eigenvalue weighted by atomic mass is 10.0. The number of aromatic amines is 1. The number of rotatable bonds is 8. The summed E-state index contributed by atoms with van der Waals surface area (Å²) in [5.41, 5.74) is 8.17. The Hall–Kier alpha value is -4.62. The van der Waals surface area contributed by atoms with E-state index in [9.17, 15) is 4.79 Å². The molecular formula is C36H36N6O. The van der Waals surface area contributed by atoms with Gasteiger partial charge in [0.05, 0.1) is 22.1 Å². The quantitative estimate of drug-likeness (QED) is 0.217. The van der Waals surface area contributed by atoms with E-state index < -0.39 is 0 Å². The van der Waals surface area contributed by atoms with Crippen molar-refractivity contribution >= 4 is 22.1 Å². The van der Waals surface area contributed by atoms with Crippen molar-refractivity contribution in [3.8, 4) is 22.5 Å². The molecule has 1 saturated heterocycles. The van der Waals surface area contributed by atoms with Gasteiger partial charge in [-0.25, -0.2) is 9.97 Å². The average molecular weight is 569 g/mol. The lowest BCUT2D eigenvalue weighted by Gasteiger charge is -2.33. The number of hydrogen-bond donors (Lipinski definition) is 1. The highest BCUT2D eigenvalue weighted by Crippen LogP contribution is 2.30. The molecule has 0 saturated carbocycles. The van der Waals surface area contributed by atoms with Crippen molar-refractivity contribution in [3.63, 3.8) is 0 Å². The number of likely N-dealkylation sites (tertiary alicyclic amines) is 1. The van der Waals surface area contributed by atoms with E-state index in [-0.39, 0.29) is 5.56 Å². The maximum atomic E-state index is 13.0. The van der Waals surface area contributed by atoms with Crippen LogP contribution in [0.15, 0.2) is 96.1 Å². The molecule has 3 aromatic heterocycles. The monoisotopic (exact) mass is 568 g/mol. The first-order valence-corrected chi connectivity index (χ1v) is 15.3. The van der Waals surface area contributed by atoms with Crippen molar-refractivity contribution in [1.29, 1.82) is 0 Å². The number of hydrogen-bond acceptors (Lipinski definition) is 5. The van der Waals surface area contributed by atoms with Gasteiger partial charge in [0.2, 0.25) is 0 Å². The Kier molecular flexibility index (Phi) is 7.56. The van der Waals surface area contributed by atoms with Crippen molar-refractivity contribution in [2.75, 3.05) is 13.1 Å². The van der Waals surface area contributed by atoms with E-state index in [0.29, 0.717) is 23.7 Å². The molecule has 6 aromatic rings. The summed E-state index contributed by atoms with van der Waals surface area (Å²) in [6.07, 6.45) is 9.07. The molecule has 216 valence electrons. The van der Waals surface area contributed by atoms with E-state index in [1.54, 1.807) is 0 Å². The Morgan fingerprint density at radius 3 is 2.40 bits per heavy atom. The van der Waals surface area contributed by atoms with Crippen LogP contribution in [-0.4, -0.2) is 48.5 Å². The zero-order chi connectivity index (χ0) is 29.2. The summed E-state index contributed by atoms with van der Waals surface area (Å²) in [6.45, 7) is 5.46. The summed E-state index contributed by atoms with van der Waals surface area (Å²) in [5, 5.41) is 0. The van der Waals surface area contributed by atoms with Crippen molar-refractivity contribution in [2.24, 2.45) is 0 Å². The summed E-state index contributed by atoms with van der Waals surface area (Å²) in [6, 6.07) is 27.4. The standard InChI is InChI=1S/C36H36N6O/c1-25-8-5-6-19-41(25)20-7-21-42-34-24-31-30(40-36(43)33(38-31)22-26-9-3-2-4-10-26)23-32(34)39-35(42)29-13-11-27(12-14-29)28-15-17-37-18-16-28/h2-4,9-18,23-25H,5-8,19-22H2,1H3,(H,40,43). The van der Waals surface area contributed by atoms with E-state index in [2.05, 4.69) is 56.7 Å². The molecule has 0 radical (unpaired) electrons. The van der Waals surface area contributed by atoms with Gasteiger partial charge >= 0.3 is 0 Å². The molecule has 0 bridgehead atoms. The summed E-state index contributed by atoms with van der Waals surface area (Å²) >= 11 is 0. The molecule has 0 spiro atoms. The van der Waals surface area contributed by atoms with Crippen LogP contribution in [0.1, 0.15) is 43.9 Å². The number of benzene rings is 3.